The molecular formula is C18H14O6. The predicted octanol–water partition coefficient (Wildman–Crippen LogP) is 2.83. The molecule has 2 N–H and O–H groups in total. The number of fused-ring (bicyclic) bond motifs is 2. The lowest BCUT2D eigenvalue weighted by molar-refractivity contribution is 0.174. The van der Waals surface area contributed by atoms with Crippen LogP contribution in [0.5, 0.6) is 23.0 Å². The zero-order valence-corrected chi connectivity index (χ0v) is 12.8. The number of phenolic OH excluding ortho intramolecular Hbond substituents is 2. The second-order valence-corrected chi connectivity index (χ2v) is 5.70. The molecule has 0 saturated heterocycles. The Hall–Kier alpha value is -3.15. The molecule has 6 nitrogen and oxygen atoms in total. The van der Waals surface area contributed by atoms with E-state index in [0.717, 1.165) is 5.56 Å². The molecule has 1 aliphatic heterocycles. The summed E-state index contributed by atoms with van der Waals surface area (Å²) in [5.74, 6) is 0.937. The van der Waals surface area contributed by atoms with Crippen molar-refractivity contribution in [2.24, 2.45) is 0 Å². The SMILES string of the molecule is Cc1c(O)cc2occ(Cc3ccc4c(c3)OCO4)c(=O)c2c1O. The third-order valence-electron chi connectivity index (χ3n) is 4.17. The van der Waals surface area contributed by atoms with Crippen LogP contribution in [0.1, 0.15) is 16.7 Å². The zero-order chi connectivity index (χ0) is 16.8. The Labute approximate surface area is 136 Å². The van der Waals surface area contributed by atoms with Crippen LogP contribution >= 0.6 is 0 Å². The summed E-state index contributed by atoms with van der Waals surface area (Å²) in [5, 5.41) is 20.0. The summed E-state index contributed by atoms with van der Waals surface area (Å²) in [6, 6.07) is 6.78. The molecule has 0 atom stereocenters. The van der Waals surface area contributed by atoms with E-state index in [0.29, 0.717) is 23.5 Å². The maximum atomic E-state index is 12.7. The molecule has 122 valence electrons. The summed E-state index contributed by atoms with van der Waals surface area (Å²) < 4.78 is 16.0. The first-order chi connectivity index (χ1) is 11.5. The molecule has 0 radical (unpaired) electrons. The topological polar surface area (TPSA) is 89.1 Å². The largest absolute Gasteiger partial charge is 0.507 e. The van der Waals surface area contributed by atoms with E-state index in [4.69, 9.17) is 13.9 Å². The molecule has 0 spiro atoms. The van der Waals surface area contributed by atoms with Gasteiger partial charge in [0.05, 0.1) is 6.26 Å². The molecule has 24 heavy (non-hydrogen) atoms. The minimum atomic E-state index is -0.325. The van der Waals surface area contributed by atoms with Crippen LogP contribution < -0.4 is 14.9 Å². The van der Waals surface area contributed by atoms with Crippen LogP contribution in [0.15, 0.2) is 39.7 Å². The molecule has 0 saturated carbocycles. The average molecular weight is 326 g/mol. The van der Waals surface area contributed by atoms with E-state index in [2.05, 4.69) is 0 Å². The van der Waals surface area contributed by atoms with Crippen molar-refractivity contribution in [1.29, 1.82) is 0 Å². The molecule has 0 bridgehead atoms. The number of hydrogen-bond donors (Lipinski definition) is 2. The minimum absolute atomic E-state index is 0.0727. The van der Waals surface area contributed by atoms with Gasteiger partial charge in [0.25, 0.3) is 0 Å². The van der Waals surface area contributed by atoms with Crippen LogP contribution in [0.3, 0.4) is 0 Å². The Morgan fingerprint density at radius 2 is 1.92 bits per heavy atom. The fraction of sp³-hybridized carbons (Fsp3) is 0.167. The summed E-state index contributed by atoms with van der Waals surface area (Å²) >= 11 is 0. The van der Waals surface area contributed by atoms with Gasteiger partial charge in [-0.15, -0.1) is 0 Å². The first-order valence-electron chi connectivity index (χ1n) is 7.39. The maximum Gasteiger partial charge on any atom is 0.231 e. The van der Waals surface area contributed by atoms with Crippen LogP contribution in [-0.2, 0) is 6.42 Å². The number of phenols is 2. The van der Waals surface area contributed by atoms with Crippen molar-refractivity contribution in [2.75, 3.05) is 6.79 Å². The quantitative estimate of drug-likeness (QED) is 0.753. The van der Waals surface area contributed by atoms with Gasteiger partial charge in [-0.2, -0.15) is 0 Å². The highest BCUT2D eigenvalue weighted by atomic mass is 16.7. The number of ether oxygens (including phenoxy) is 2. The van der Waals surface area contributed by atoms with E-state index in [-0.39, 0.29) is 40.3 Å². The van der Waals surface area contributed by atoms with Gasteiger partial charge in [0.15, 0.2) is 16.9 Å². The molecular weight excluding hydrogens is 312 g/mol. The van der Waals surface area contributed by atoms with Gasteiger partial charge in [-0.1, -0.05) is 6.07 Å². The number of aromatic hydroxyl groups is 2. The second-order valence-electron chi connectivity index (χ2n) is 5.70. The number of rotatable bonds is 2. The fourth-order valence-corrected chi connectivity index (χ4v) is 2.78. The van der Waals surface area contributed by atoms with Gasteiger partial charge in [0.1, 0.15) is 22.5 Å². The highest BCUT2D eigenvalue weighted by Gasteiger charge is 2.17. The van der Waals surface area contributed by atoms with Crippen molar-refractivity contribution in [3.8, 4) is 23.0 Å². The van der Waals surface area contributed by atoms with Crippen LogP contribution in [0, 0.1) is 6.92 Å². The fourth-order valence-electron chi connectivity index (χ4n) is 2.78. The van der Waals surface area contributed by atoms with Gasteiger partial charge < -0.3 is 24.1 Å². The van der Waals surface area contributed by atoms with E-state index in [1.54, 1.807) is 6.07 Å². The van der Waals surface area contributed by atoms with Crippen molar-refractivity contribution in [1.82, 2.24) is 0 Å². The molecule has 3 aromatic rings. The smallest absolute Gasteiger partial charge is 0.231 e. The molecule has 1 aromatic heterocycles. The standard InChI is InChI=1S/C18H14O6/c1-9-12(19)6-15-16(17(9)20)18(21)11(7-22-15)4-10-2-3-13-14(5-10)24-8-23-13/h2-3,5-7,19-20H,4,8H2,1H3. The first kappa shape index (κ1) is 14.4. The van der Waals surface area contributed by atoms with Gasteiger partial charge >= 0.3 is 0 Å². The Bertz CT molecular complexity index is 1020. The van der Waals surface area contributed by atoms with E-state index >= 15 is 0 Å². The van der Waals surface area contributed by atoms with Crippen LogP contribution in [0.4, 0.5) is 0 Å². The molecule has 1 aliphatic rings. The Morgan fingerprint density at radius 3 is 2.75 bits per heavy atom. The molecule has 0 fully saturated rings. The van der Waals surface area contributed by atoms with E-state index in [9.17, 15) is 15.0 Å². The summed E-state index contributed by atoms with van der Waals surface area (Å²) in [4.78, 5) is 12.7. The van der Waals surface area contributed by atoms with Crippen molar-refractivity contribution in [3.05, 3.63) is 57.4 Å². The third kappa shape index (κ3) is 2.15. The highest BCUT2D eigenvalue weighted by Crippen LogP contribution is 2.34. The normalized spacial score (nSPS) is 12.7. The molecule has 0 aliphatic carbocycles. The van der Waals surface area contributed by atoms with Crippen molar-refractivity contribution < 1.29 is 24.1 Å². The van der Waals surface area contributed by atoms with Gasteiger partial charge in [-0.3, -0.25) is 4.79 Å². The van der Waals surface area contributed by atoms with Crippen molar-refractivity contribution in [2.45, 2.75) is 13.3 Å². The predicted molar refractivity (Wildman–Crippen MR) is 85.9 cm³/mol. The van der Waals surface area contributed by atoms with E-state index in [1.807, 2.05) is 12.1 Å². The van der Waals surface area contributed by atoms with Crippen LogP contribution in [0.25, 0.3) is 11.0 Å². The minimum Gasteiger partial charge on any atom is -0.507 e. The molecule has 0 unspecified atom stereocenters. The monoisotopic (exact) mass is 326 g/mol. The highest BCUT2D eigenvalue weighted by molar-refractivity contribution is 5.86. The second kappa shape index (κ2) is 5.19. The molecule has 4 rings (SSSR count). The van der Waals surface area contributed by atoms with Crippen molar-refractivity contribution >= 4 is 11.0 Å². The Morgan fingerprint density at radius 1 is 1.12 bits per heavy atom. The van der Waals surface area contributed by atoms with Gasteiger partial charge in [0.2, 0.25) is 6.79 Å². The lowest BCUT2D eigenvalue weighted by atomic mass is 10.0. The van der Waals surface area contributed by atoms with Crippen LogP contribution in [-0.4, -0.2) is 17.0 Å². The number of hydrogen-bond acceptors (Lipinski definition) is 6. The van der Waals surface area contributed by atoms with Gasteiger partial charge in [-0.25, -0.2) is 0 Å². The summed E-state index contributed by atoms with van der Waals surface area (Å²) in [5.41, 5.74) is 1.34. The lowest BCUT2D eigenvalue weighted by Crippen LogP contribution is -2.10. The summed E-state index contributed by atoms with van der Waals surface area (Å²) in [7, 11) is 0. The maximum absolute atomic E-state index is 12.7. The average Bonchev–Trinajstić information content (AvgIpc) is 3.03. The van der Waals surface area contributed by atoms with Gasteiger partial charge in [-0.05, 0) is 24.6 Å². The van der Waals surface area contributed by atoms with E-state index in [1.165, 1.54) is 19.3 Å². The van der Waals surface area contributed by atoms with Crippen molar-refractivity contribution in [3.63, 3.8) is 0 Å². The van der Waals surface area contributed by atoms with Gasteiger partial charge in [0, 0.05) is 23.6 Å². The molecule has 2 heterocycles. The van der Waals surface area contributed by atoms with E-state index < -0.39 is 0 Å². The van der Waals surface area contributed by atoms with Crippen LogP contribution in [0.2, 0.25) is 0 Å². The summed E-state index contributed by atoms with van der Waals surface area (Å²) in [6.45, 7) is 1.72. The summed E-state index contributed by atoms with van der Waals surface area (Å²) in [6.07, 6.45) is 1.68. The number of benzene rings is 2. The Balaban J connectivity index is 1.80. The molecule has 0 amide bonds. The molecule has 2 aromatic carbocycles. The lowest BCUT2D eigenvalue weighted by Gasteiger charge is -2.08. The molecule has 6 heteroatoms. The first-order valence-corrected chi connectivity index (χ1v) is 7.39. The zero-order valence-electron chi connectivity index (χ0n) is 12.8. The Kier molecular flexibility index (Phi) is 3.13. The third-order valence-corrected chi connectivity index (χ3v) is 4.17.